The van der Waals surface area contributed by atoms with E-state index in [-0.39, 0.29) is 17.2 Å². The second-order valence-electron chi connectivity index (χ2n) is 8.41. The average molecular weight is 359 g/mol. The van der Waals surface area contributed by atoms with E-state index >= 15 is 0 Å². The Morgan fingerprint density at radius 1 is 1.12 bits per heavy atom. The summed E-state index contributed by atoms with van der Waals surface area (Å²) in [5.41, 5.74) is 5.34. The molecule has 4 bridgehead atoms. The van der Waals surface area contributed by atoms with Gasteiger partial charge in [0.25, 0.3) is 5.91 Å². The zero-order valence-electron chi connectivity index (χ0n) is 14.7. The highest BCUT2D eigenvalue weighted by Crippen LogP contribution is 2.61. The SMILES string of the molecule is Cc1ccc(/C=C/C(=O)NNC(=O)CC23CC4CC(CC(C4)C2)C3)s1. The first kappa shape index (κ1) is 16.8. The molecule has 25 heavy (non-hydrogen) atoms. The highest BCUT2D eigenvalue weighted by molar-refractivity contribution is 7.12. The largest absolute Gasteiger partial charge is 0.273 e. The van der Waals surface area contributed by atoms with Crippen LogP contribution in [0.5, 0.6) is 0 Å². The fourth-order valence-corrected chi connectivity index (χ4v) is 6.55. The Labute approximate surface area is 153 Å². The Morgan fingerprint density at radius 3 is 2.32 bits per heavy atom. The lowest BCUT2D eigenvalue weighted by molar-refractivity contribution is -0.133. The maximum absolute atomic E-state index is 12.4. The summed E-state index contributed by atoms with van der Waals surface area (Å²) in [6.07, 6.45) is 11.6. The molecular formula is C20H26N2O2S. The molecule has 4 saturated carbocycles. The molecule has 4 aliphatic carbocycles. The van der Waals surface area contributed by atoms with Gasteiger partial charge in [-0.05, 0) is 86.8 Å². The van der Waals surface area contributed by atoms with E-state index in [0.29, 0.717) is 6.42 Å². The van der Waals surface area contributed by atoms with Crippen LogP contribution in [0.25, 0.3) is 6.08 Å². The minimum absolute atomic E-state index is 0.0457. The Kier molecular flexibility index (Phi) is 4.44. The third-order valence-corrected chi connectivity index (χ3v) is 7.15. The lowest BCUT2D eigenvalue weighted by Crippen LogP contribution is -2.49. The topological polar surface area (TPSA) is 58.2 Å². The second kappa shape index (κ2) is 6.60. The number of carbonyl (C=O) groups is 2. The van der Waals surface area contributed by atoms with E-state index in [9.17, 15) is 9.59 Å². The standard InChI is InChI=1S/C20H26N2O2S/c1-13-2-3-17(25-13)4-5-18(23)21-22-19(24)12-20-9-14-6-15(10-20)8-16(7-14)11-20/h2-5,14-16H,6-12H2,1H3,(H,21,23)(H,22,24)/b5-4+. The molecule has 4 aliphatic rings. The van der Waals surface area contributed by atoms with Crippen LogP contribution in [0.2, 0.25) is 0 Å². The van der Waals surface area contributed by atoms with E-state index in [1.54, 1.807) is 17.4 Å². The van der Waals surface area contributed by atoms with Gasteiger partial charge in [0.2, 0.25) is 5.91 Å². The van der Waals surface area contributed by atoms with E-state index in [1.165, 1.54) is 49.5 Å². The molecule has 4 fully saturated rings. The summed E-state index contributed by atoms with van der Waals surface area (Å²) in [5, 5.41) is 0. The van der Waals surface area contributed by atoms with Crippen LogP contribution >= 0.6 is 11.3 Å². The van der Waals surface area contributed by atoms with Crippen LogP contribution in [-0.4, -0.2) is 11.8 Å². The van der Waals surface area contributed by atoms with E-state index in [1.807, 2.05) is 19.1 Å². The van der Waals surface area contributed by atoms with Gasteiger partial charge in [0, 0.05) is 22.3 Å². The summed E-state index contributed by atoms with van der Waals surface area (Å²) in [6, 6.07) is 4.00. The van der Waals surface area contributed by atoms with Crippen molar-refractivity contribution in [2.24, 2.45) is 23.2 Å². The van der Waals surface area contributed by atoms with Crippen molar-refractivity contribution in [2.75, 3.05) is 0 Å². The first-order valence-corrected chi connectivity index (χ1v) is 10.1. The number of amides is 2. The predicted octanol–water partition coefficient (Wildman–Crippen LogP) is 3.82. The second-order valence-corrected chi connectivity index (χ2v) is 9.73. The van der Waals surface area contributed by atoms with Crippen LogP contribution in [-0.2, 0) is 9.59 Å². The van der Waals surface area contributed by atoms with Gasteiger partial charge in [-0.3, -0.25) is 20.4 Å². The summed E-state index contributed by atoms with van der Waals surface area (Å²) in [4.78, 5) is 26.5. The molecule has 0 aliphatic heterocycles. The van der Waals surface area contributed by atoms with Crippen molar-refractivity contribution in [3.8, 4) is 0 Å². The third-order valence-electron chi connectivity index (χ3n) is 6.19. The molecule has 0 unspecified atom stereocenters. The maximum atomic E-state index is 12.4. The Hall–Kier alpha value is -1.62. The van der Waals surface area contributed by atoms with Crippen LogP contribution < -0.4 is 10.9 Å². The Morgan fingerprint density at radius 2 is 1.76 bits per heavy atom. The highest BCUT2D eigenvalue weighted by Gasteiger charge is 2.51. The molecule has 0 atom stereocenters. The van der Waals surface area contributed by atoms with Crippen LogP contribution in [0.1, 0.15) is 54.7 Å². The number of carbonyl (C=O) groups excluding carboxylic acids is 2. The van der Waals surface area contributed by atoms with Crippen molar-refractivity contribution in [3.05, 3.63) is 28.0 Å². The molecule has 0 aromatic carbocycles. The van der Waals surface area contributed by atoms with Gasteiger partial charge in [0.1, 0.15) is 0 Å². The van der Waals surface area contributed by atoms with E-state index < -0.39 is 0 Å². The summed E-state index contributed by atoms with van der Waals surface area (Å²) >= 11 is 1.64. The molecule has 5 rings (SSSR count). The number of hydrogen-bond donors (Lipinski definition) is 2. The van der Waals surface area contributed by atoms with Gasteiger partial charge < -0.3 is 0 Å². The van der Waals surface area contributed by atoms with Gasteiger partial charge in [-0.2, -0.15) is 0 Å². The summed E-state index contributed by atoms with van der Waals surface area (Å²) < 4.78 is 0. The molecular weight excluding hydrogens is 332 g/mol. The molecule has 0 spiro atoms. The van der Waals surface area contributed by atoms with Crippen LogP contribution in [0.3, 0.4) is 0 Å². The van der Waals surface area contributed by atoms with Gasteiger partial charge in [-0.25, -0.2) is 0 Å². The molecule has 0 radical (unpaired) electrons. The number of thiophene rings is 1. The number of nitrogens with one attached hydrogen (secondary N) is 2. The zero-order valence-corrected chi connectivity index (χ0v) is 15.5. The summed E-state index contributed by atoms with van der Waals surface area (Å²) in [6.45, 7) is 2.03. The normalized spacial score (nSPS) is 32.9. The molecule has 1 aromatic rings. The van der Waals surface area contributed by atoms with Crippen LogP contribution in [0.4, 0.5) is 0 Å². The minimum Gasteiger partial charge on any atom is -0.273 e. The van der Waals surface area contributed by atoms with E-state index in [2.05, 4.69) is 10.9 Å². The van der Waals surface area contributed by atoms with Crippen molar-refractivity contribution in [1.29, 1.82) is 0 Å². The highest BCUT2D eigenvalue weighted by atomic mass is 32.1. The lowest BCUT2D eigenvalue weighted by atomic mass is 9.49. The Bertz CT molecular complexity index is 671. The fourth-order valence-electron chi connectivity index (χ4n) is 5.77. The van der Waals surface area contributed by atoms with Crippen molar-refractivity contribution in [2.45, 2.75) is 51.9 Å². The Balaban J connectivity index is 1.26. The van der Waals surface area contributed by atoms with Gasteiger partial charge in [0.15, 0.2) is 0 Å². The maximum Gasteiger partial charge on any atom is 0.262 e. The smallest absolute Gasteiger partial charge is 0.262 e. The molecule has 2 amide bonds. The molecule has 134 valence electrons. The predicted molar refractivity (Wildman–Crippen MR) is 99.6 cm³/mol. The van der Waals surface area contributed by atoms with Gasteiger partial charge in [0.05, 0.1) is 0 Å². The van der Waals surface area contributed by atoms with Gasteiger partial charge >= 0.3 is 0 Å². The third kappa shape index (κ3) is 3.81. The van der Waals surface area contributed by atoms with Gasteiger partial charge in [-0.15, -0.1) is 11.3 Å². The van der Waals surface area contributed by atoms with Crippen molar-refractivity contribution >= 4 is 29.2 Å². The minimum atomic E-state index is -0.287. The zero-order chi connectivity index (χ0) is 17.4. The van der Waals surface area contributed by atoms with Crippen molar-refractivity contribution in [3.63, 3.8) is 0 Å². The number of hydrogen-bond acceptors (Lipinski definition) is 3. The quantitative estimate of drug-likeness (QED) is 0.635. The van der Waals surface area contributed by atoms with E-state index in [0.717, 1.165) is 22.6 Å². The number of hydrazine groups is 1. The van der Waals surface area contributed by atoms with Crippen molar-refractivity contribution < 1.29 is 9.59 Å². The molecule has 4 nitrogen and oxygen atoms in total. The van der Waals surface area contributed by atoms with E-state index in [4.69, 9.17) is 0 Å². The molecule has 1 heterocycles. The molecule has 5 heteroatoms. The first-order chi connectivity index (χ1) is 12.0. The van der Waals surface area contributed by atoms with Gasteiger partial charge in [-0.1, -0.05) is 0 Å². The average Bonchev–Trinajstić information content (AvgIpc) is 2.94. The number of rotatable bonds is 4. The summed E-state index contributed by atoms with van der Waals surface area (Å²) in [5.74, 6) is 2.18. The van der Waals surface area contributed by atoms with Crippen molar-refractivity contribution in [1.82, 2.24) is 10.9 Å². The number of aryl methyl sites for hydroxylation is 1. The first-order valence-electron chi connectivity index (χ1n) is 9.33. The lowest BCUT2D eigenvalue weighted by Gasteiger charge is -2.56. The fraction of sp³-hybridized carbons (Fsp3) is 0.600. The summed E-state index contributed by atoms with van der Waals surface area (Å²) in [7, 11) is 0. The van der Waals surface area contributed by atoms with Crippen LogP contribution in [0.15, 0.2) is 18.2 Å². The molecule has 2 N–H and O–H groups in total. The monoisotopic (exact) mass is 358 g/mol. The molecule has 0 saturated heterocycles. The molecule has 1 aromatic heterocycles. The van der Waals surface area contributed by atoms with Crippen LogP contribution in [0, 0.1) is 30.1 Å².